The summed E-state index contributed by atoms with van der Waals surface area (Å²) in [4.78, 5) is 10.4. The Morgan fingerprint density at radius 3 is 2.20 bits per heavy atom. The summed E-state index contributed by atoms with van der Waals surface area (Å²) in [6.07, 6.45) is 0. The number of ketones is 1. The Balaban J connectivity index is 3.67. The molecule has 0 rings (SSSR count). The van der Waals surface area contributed by atoms with E-state index in [4.69, 9.17) is 0 Å². The number of hydrogen-bond donors (Lipinski definition) is 0. The average Bonchev–Trinajstić information content (AvgIpc) is 1.59. The lowest BCUT2D eigenvalue weighted by Gasteiger charge is -2.07. The van der Waals surface area contributed by atoms with E-state index >= 15 is 0 Å². The Morgan fingerprint density at radius 2 is 1.90 bits per heavy atom. The molecule has 0 bridgehead atoms. The lowest BCUT2D eigenvalue weighted by molar-refractivity contribution is -0.115. The molecule has 0 heterocycles. The van der Waals surface area contributed by atoms with Crippen LogP contribution in [0.3, 0.4) is 0 Å². The predicted octanol–water partition coefficient (Wildman–Crippen LogP) is 1.83. The lowest BCUT2D eigenvalue weighted by Crippen LogP contribution is -2.08. The molecule has 0 amide bonds. The van der Waals surface area contributed by atoms with Crippen LogP contribution in [0.4, 0.5) is 0 Å². The van der Waals surface area contributed by atoms with Gasteiger partial charge < -0.3 is 0 Å². The Bertz CT molecular complexity index is 144. The first-order valence-corrected chi connectivity index (χ1v) is 3.30. The number of hydrogen-bond acceptors (Lipinski definition) is 3. The first-order chi connectivity index (χ1) is 4.42. The van der Waals surface area contributed by atoms with Crippen LogP contribution in [0.5, 0.6) is 0 Å². The number of carbonyl (C=O) groups excluding carboxylic acids is 1. The normalized spacial score (nSPS) is 12.4. The minimum Gasteiger partial charge on any atom is -0.298 e. The quantitative estimate of drug-likeness (QED) is 0.542. The van der Waals surface area contributed by atoms with Crippen molar-refractivity contribution in [3.63, 3.8) is 0 Å². The second kappa shape index (κ2) is 3.44. The van der Waals surface area contributed by atoms with Crippen molar-refractivity contribution in [1.82, 2.24) is 0 Å². The van der Waals surface area contributed by atoms with Gasteiger partial charge in [0.05, 0.1) is 5.54 Å². The molecule has 3 heteroatoms. The van der Waals surface area contributed by atoms with E-state index in [0.29, 0.717) is 0 Å². The number of carbonyl (C=O) groups is 1. The summed E-state index contributed by atoms with van der Waals surface area (Å²) < 4.78 is 0. The minimum atomic E-state index is -0.157. The molecule has 58 valence electrons. The highest BCUT2D eigenvalue weighted by Crippen LogP contribution is 2.05. The molecule has 0 aromatic heterocycles. The Kier molecular flexibility index (Phi) is 3.19. The maximum Gasteiger partial charge on any atom is 0.153 e. The molecule has 0 saturated heterocycles. The van der Waals surface area contributed by atoms with Crippen LogP contribution < -0.4 is 0 Å². The summed E-state index contributed by atoms with van der Waals surface area (Å²) in [7, 11) is 0. The molecule has 0 spiro atoms. The fourth-order valence-corrected chi connectivity index (χ4v) is 0.347. The van der Waals surface area contributed by atoms with E-state index in [1.54, 1.807) is 0 Å². The van der Waals surface area contributed by atoms with E-state index in [1.807, 2.05) is 20.8 Å². The molecule has 0 atom stereocenters. The monoisotopic (exact) mass is 142 g/mol. The van der Waals surface area contributed by atoms with Crippen LogP contribution in [-0.4, -0.2) is 17.9 Å². The topological polar surface area (TPSA) is 41.8 Å². The van der Waals surface area contributed by atoms with Crippen molar-refractivity contribution >= 4 is 5.78 Å². The molecular weight excluding hydrogens is 128 g/mol. The summed E-state index contributed by atoms with van der Waals surface area (Å²) in [5.74, 6) is 0.0491. The molecule has 0 aliphatic carbocycles. The molecule has 0 aliphatic rings. The van der Waals surface area contributed by atoms with E-state index in [0.717, 1.165) is 0 Å². The van der Waals surface area contributed by atoms with Crippen molar-refractivity contribution in [3.8, 4) is 0 Å². The number of nitrogens with zero attached hydrogens (tertiary/aromatic N) is 2. The molecule has 0 radical (unpaired) electrons. The van der Waals surface area contributed by atoms with Crippen molar-refractivity contribution < 1.29 is 4.79 Å². The molecule has 0 saturated carbocycles. The Hall–Kier alpha value is -0.730. The summed E-state index contributed by atoms with van der Waals surface area (Å²) in [5.41, 5.74) is -0.157. The van der Waals surface area contributed by atoms with E-state index in [1.165, 1.54) is 6.92 Å². The first-order valence-electron chi connectivity index (χ1n) is 3.30. The molecule has 0 aromatic carbocycles. The third kappa shape index (κ3) is 7.27. The smallest absolute Gasteiger partial charge is 0.153 e. The highest BCUT2D eigenvalue weighted by Gasteiger charge is 2.05. The van der Waals surface area contributed by atoms with E-state index in [2.05, 4.69) is 10.2 Å². The van der Waals surface area contributed by atoms with Crippen molar-refractivity contribution in [2.24, 2.45) is 10.2 Å². The molecule has 10 heavy (non-hydrogen) atoms. The molecular formula is C7H14N2O. The van der Waals surface area contributed by atoms with Gasteiger partial charge in [0.15, 0.2) is 5.78 Å². The maximum absolute atomic E-state index is 10.4. The van der Waals surface area contributed by atoms with Crippen molar-refractivity contribution in [1.29, 1.82) is 0 Å². The van der Waals surface area contributed by atoms with Crippen LogP contribution in [0.2, 0.25) is 0 Å². The summed E-state index contributed by atoms with van der Waals surface area (Å²) in [5, 5.41) is 7.62. The third-order valence-corrected chi connectivity index (χ3v) is 0.664. The first kappa shape index (κ1) is 9.27. The number of azo groups is 1. The fraction of sp³-hybridized carbons (Fsp3) is 0.857. The average molecular weight is 142 g/mol. The van der Waals surface area contributed by atoms with Gasteiger partial charge in [-0.1, -0.05) is 0 Å². The largest absolute Gasteiger partial charge is 0.298 e. The molecule has 0 N–H and O–H groups in total. The van der Waals surface area contributed by atoms with Gasteiger partial charge in [-0.3, -0.25) is 4.79 Å². The second-order valence-electron chi connectivity index (χ2n) is 3.27. The zero-order valence-corrected chi connectivity index (χ0v) is 7.01. The lowest BCUT2D eigenvalue weighted by atomic mass is 10.1. The van der Waals surface area contributed by atoms with E-state index < -0.39 is 0 Å². The van der Waals surface area contributed by atoms with Gasteiger partial charge in [-0.2, -0.15) is 10.2 Å². The van der Waals surface area contributed by atoms with Gasteiger partial charge in [0.1, 0.15) is 6.54 Å². The number of rotatable bonds is 2. The SMILES string of the molecule is CC(=O)CN=NC(C)(C)C. The zero-order chi connectivity index (χ0) is 8.20. The highest BCUT2D eigenvalue weighted by molar-refractivity contribution is 5.77. The van der Waals surface area contributed by atoms with Crippen molar-refractivity contribution in [2.75, 3.05) is 6.54 Å². The molecule has 3 nitrogen and oxygen atoms in total. The summed E-state index contributed by atoms with van der Waals surface area (Å²) in [6.45, 7) is 7.53. The minimum absolute atomic E-state index is 0.0491. The Morgan fingerprint density at radius 1 is 1.40 bits per heavy atom. The Labute approximate surface area is 61.5 Å². The summed E-state index contributed by atoms with van der Waals surface area (Å²) in [6, 6.07) is 0. The standard InChI is InChI=1S/C7H14N2O/c1-6(10)5-8-9-7(2,3)4/h5H2,1-4H3. The molecule has 0 aliphatic heterocycles. The molecule has 0 fully saturated rings. The van der Waals surface area contributed by atoms with Crippen LogP contribution in [0.15, 0.2) is 10.2 Å². The fourth-order valence-electron chi connectivity index (χ4n) is 0.347. The van der Waals surface area contributed by atoms with Crippen LogP contribution >= 0.6 is 0 Å². The predicted molar refractivity (Wildman–Crippen MR) is 40.2 cm³/mol. The van der Waals surface area contributed by atoms with Crippen LogP contribution in [0, 0.1) is 0 Å². The van der Waals surface area contributed by atoms with Gasteiger partial charge >= 0.3 is 0 Å². The molecule has 0 unspecified atom stereocenters. The van der Waals surface area contributed by atoms with Gasteiger partial charge in [-0.15, -0.1) is 0 Å². The van der Waals surface area contributed by atoms with Crippen LogP contribution in [0.25, 0.3) is 0 Å². The van der Waals surface area contributed by atoms with Gasteiger partial charge in [0.2, 0.25) is 0 Å². The van der Waals surface area contributed by atoms with Gasteiger partial charge in [0.25, 0.3) is 0 Å². The van der Waals surface area contributed by atoms with E-state index in [9.17, 15) is 4.79 Å². The third-order valence-electron chi connectivity index (χ3n) is 0.664. The van der Waals surface area contributed by atoms with Gasteiger partial charge in [-0.05, 0) is 27.7 Å². The second-order valence-corrected chi connectivity index (χ2v) is 3.27. The maximum atomic E-state index is 10.4. The summed E-state index contributed by atoms with van der Waals surface area (Å²) >= 11 is 0. The van der Waals surface area contributed by atoms with Gasteiger partial charge in [0, 0.05) is 0 Å². The van der Waals surface area contributed by atoms with Crippen LogP contribution in [0.1, 0.15) is 27.7 Å². The zero-order valence-electron chi connectivity index (χ0n) is 7.01. The van der Waals surface area contributed by atoms with Gasteiger partial charge in [-0.25, -0.2) is 0 Å². The molecule has 0 aromatic rings. The van der Waals surface area contributed by atoms with E-state index in [-0.39, 0.29) is 17.9 Å². The van der Waals surface area contributed by atoms with Crippen molar-refractivity contribution in [3.05, 3.63) is 0 Å². The van der Waals surface area contributed by atoms with Crippen LogP contribution in [-0.2, 0) is 4.79 Å². The number of Topliss-reactive ketones (excluding diaryl/α,β-unsaturated/α-hetero) is 1. The highest BCUT2D eigenvalue weighted by atomic mass is 16.1. The van der Waals surface area contributed by atoms with Crippen molar-refractivity contribution in [2.45, 2.75) is 33.2 Å².